The smallest absolute Gasteiger partial charge is 0.273 e. The van der Waals surface area contributed by atoms with Crippen LogP contribution in [0.4, 0.5) is 0 Å². The fourth-order valence-corrected chi connectivity index (χ4v) is 2.62. The molecule has 6 nitrogen and oxygen atoms in total. The van der Waals surface area contributed by atoms with E-state index in [4.69, 9.17) is 4.74 Å². The Labute approximate surface area is 122 Å². The average Bonchev–Trinajstić information content (AvgIpc) is 3.18. The minimum atomic E-state index is -0.205. The van der Waals surface area contributed by atoms with Gasteiger partial charge < -0.3 is 10.1 Å². The highest BCUT2D eigenvalue weighted by Crippen LogP contribution is 2.23. The van der Waals surface area contributed by atoms with Crippen molar-refractivity contribution in [1.82, 2.24) is 20.7 Å². The van der Waals surface area contributed by atoms with E-state index >= 15 is 0 Å². The lowest BCUT2D eigenvalue weighted by molar-refractivity contribution is 0.0271. The maximum absolute atomic E-state index is 12.0. The van der Waals surface area contributed by atoms with E-state index in [1.54, 1.807) is 0 Å². The van der Waals surface area contributed by atoms with Crippen LogP contribution in [0.15, 0.2) is 36.5 Å². The Morgan fingerprint density at radius 1 is 1.33 bits per heavy atom. The number of nitrogens with zero attached hydrogens (tertiary/aromatic N) is 2. The summed E-state index contributed by atoms with van der Waals surface area (Å²) in [4.78, 5) is 12.0. The number of ether oxygens (including phenoxy) is 1. The van der Waals surface area contributed by atoms with Crippen LogP contribution in [0.3, 0.4) is 0 Å². The first-order valence-corrected chi connectivity index (χ1v) is 7.15. The lowest BCUT2D eigenvalue weighted by atomic mass is 10.2. The van der Waals surface area contributed by atoms with Crippen molar-refractivity contribution in [2.75, 3.05) is 0 Å². The Kier molecular flexibility index (Phi) is 4.25. The third-order valence-corrected chi connectivity index (χ3v) is 3.72. The first kappa shape index (κ1) is 13.8. The van der Waals surface area contributed by atoms with E-state index in [2.05, 4.69) is 20.7 Å². The third kappa shape index (κ3) is 3.46. The molecule has 6 heteroatoms. The maximum atomic E-state index is 12.0. The third-order valence-electron chi connectivity index (χ3n) is 3.72. The summed E-state index contributed by atoms with van der Waals surface area (Å²) in [5, 5.41) is 12.9. The van der Waals surface area contributed by atoms with Crippen molar-refractivity contribution in [3.05, 3.63) is 47.8 Å². The zero-order valence-electron chi connectivity index (χ0n) is 11.7. The Morgan fingerprint density at radius 2 is 2.19 bits per heavy atom. The van der Waals surface area contributed by atoms with Gasteiger partial charge in [-0.25, -0.2) is 0 Å². The number of benzene rings is 1. The summed E-state index contributed by atoms with van der Waals surface area (Å²) >= 11 is 0. The highest BCUT2D eigenvalue weighted by molar-refractivity contribution is 5.92. The first-order valence-electron chi connectivity index (χ1n) is 7.15. The van der Waals surface area contributed by atoms with E-state index in [0.717, 1.165) is 24.8 Å². The van der Waals surface area contributed by atoms with Gasteiger partial charge >= 0.3 is 0 Å². The van der Waals surface area contributed by atoms with Crippen LogP contribution >= 0.6 is 0 Å². The van der Waals surface area contributed by atoms with E-state index in [-0.39, 0.29) is 18.1 Å². The van der Waals surface area contributed by atoms with Crippen LogP contribution in [0, 0.1) is 0 Å². The van der Waals surface area contributed by atoms with Crippen molar-refractivity contribution in [2.45, 2.75) is 38.0 Å². The number of nitrogens with one attached hydrogen (secondary N) is 2. The summed E-state index contributed by atoms with van der Waals surface area (Å²) in [6, 6.07) is 10.1. The van der Waals surface area contributed by atoms with E-state index in [9.17, 15) is 4.79 Å². The fraction of sp³-hybridized carbons (Fsp3) is 0.400. The number of aromatic amines is 1. The molecule has 1 heterocycles. The molecule has 1 aromatic heterocycles. The molecule has 110 valence electrons. The number of H-pyrrole nitrogens is 1. The van der Waals surface area contributed by atoms with Crippen molar-refractivity contribution >= 4 is 5.91 Å². The van der Waals surface area contributed by atoms with Gasteiger partial charge in [0.25, 0.3) is 5.91 Å². The van der Waals surface area contributed by atoms with Gasteiger partial charge in [0.1, 0.15) is 0 Å². The fourth-order valence-electron chi connectivity index (χ4n) is 2.62. The van der Waals surface area contributed by atoms with Crippen molar-refractivity contribution in [3.8, 4) is 0 Å². The molecule has 0 radical (unpaired) electrons. The Hall–Kier alpha value is -2.21. The van der Waals surface area contributed by atoms with Gasteiger partial charge in [0.05, 0.1) is 24.9 Å². The molecule has 0 unspecified atom stereocenters. The number of carbonyl (C=O) groups is 1. The Balaban J connectivity index is 1.54. The predicted octanol–water partition coefficient (Wildman–Crippen LogP) is 1.67. The number of amides is 1. The number of hydrogen-bond donors (Lipinski definition) is 2. The summed E-state index contributed by atoms with van der Waals surface area (Å²) in [5.41, 5.74) is 1.45. The molecule has 3 rings (SSSR count). The Bertz CT molecular complexity index is 571. The molecular weight excluding hydrogens is 268 g/mol. The van der Waals surface area contributed by atoms with Crippen LogP contribution in [-0.4, -0.2) is 33.5 Å². The van der Waals surface area contributed by atoms with E-state index < -0.39 is 0 Å². The number of rotatable bonds is 5. The maximum Gasteiger partial charge on any atom is 0.273 e. The van der Waals surface area contributed by atoms with Gasteiger partial charge in [-0.15, -0.1) is 0 Å². The van der Waals surface area contributed by atoms with E-state index in [0.29, 0.717) is 12.3 Å². The molecule has 1 fully saturated rings. The molecule has 2 N–H and O–H groups in total. The molecule has 0 aliphatic heterocycles. The van der Waals surface area contributed by atoms with E-state index in [1.165, 1.54) is 6.20 Å². The van der Waals surface area contributed by atoms with Gasteiger partial charge in [0.2, 0.25) is 0 Å². The highest BCUT2D eigenvalue weighted by atomic mass is 16.5. The molecule has 1 amide bonds. The lowest BCUT2D eigenvalue weighted by Gasteiger charge is -2.21. The van der Waals surface area contributed by atoms with Gasteiger partial charge in [-0.1, -0.05) is 30.3 Å². The van der Waals surface area contributed by atoms with Gasteiger partial charge in [0.15, 0.2) is 5.69 Å². The lowest BCUT2D eigenvalue weighted by Crippen LogP contribution is -2.41. The molecule has 1 saturated carbocycles. The molecular formula is C15H18N4O2. The standard InChI is InChI=1S/C15H18N4O2/c20-15(13-9-16-19-18-13)17-12-7-4-8-14(12)21-10-11-5-2-1-3-6-11/h1-3,5-6,9,12,14H,4,7-8,10H2,(H,17,20)(H,16,18,19)/t12-,14-/m1/s1. The van der Waals surface area contributed by atoms with Crippen LogP contribution in [0.25, 0.3) is 0 Å². The molecule has 21 heavy (non-hydrogen) atoms. The largest absolute Gasteiger partial charge is 0.371 e. The second-order valence-corrected chi connectivity index (χ2v) is 5.20. The normalized spacial score (nSPS) is 21.3. The molecule has 1 aromatic carbocycles. The summed E-state index contributed by atoms with van der Waals surface area (Å²) in [5.74, 6) is -0.205. The molecule has 1 aliphatic carbocycles. The summed E-state index contributed by atoms with van der Waals surface area (Å²) < 4.78 is 5.96. The molecule has 0 spiro atoms. The highest BCUT2D eigenvalue weighted by Gasteiger charge is 2.30. The molecule has 0 bridgehead atoms. The second kappa shape index (κ2) is 6.49. The first-order chi connectivity index (χ1) is 10.3. The summed E-state index contributed by atoms with van der Waals surface area (Å²) in [6.45, 7) is 0.571. The number of aromatic nitrogens is 3. The van der Waals surface area contributed by atoms with Crippen LogP contribution in [0.1, 0.15) is 35.3 Å². The zero-order valence-corrected chi connectivity index (χ0v) is 11.7. The van der Waals surface area contributed by atoms with Gasteiger partial charge in [0, 0.05) is 0 Å². The molecule has 2 aromatic rings. The number of carbonyl (C=O) groups excluding carboxylic acids is 1. The van der Waals surface area contributed by atoms with Gasteiger partial charge in [-0.05, 0) is 24.8 Å². The monoisotopic (exact) mass is 286 g/mol. The molecule has 0 saturated heterocycles. The van der Waals surface area contributed by atoms with Crippen LogP contribution in [-0.2, 0) is 11.3 Å². The number of hydrogen-bond acceptors (Lipinski definition) is 4. The summed E-state index contributed by atoms with van der Waals surface area (Å²) in [6.07, 6.45) is 4.44. The van der Waals surface area contributed by atoms with Crippen molar-refractivity contribution in [1.29, 1.82) is 0 Å². The topological polar surface area (TPSA) is 79.9 Å². The Morgan fingerprint density at radius 3 is 2.95 bits per heavy atom. The van der Waals surface area contributed by atoms with Crippen molar-refractivity contribution < 1.29 is 9.53 Å². The SMILES string of the molecule is O=C(N[C@@H]1CCC[C@H]1OCc1ccccc1)c1cn[nH]n1. The minimum absolute atomic E-state index is 0.0397. The van der Waals surface area contributed by atoms with Crippen LogP contribution in [0.2, 0.25) is 0 Å². The van der Waals surface area contributed by atoms with Crippen molar-refractivity contribution in [2.24, 2.45) is 0 Å². The zero-order chi connectivity index (χ0) is 14.5. The van der Waals surface area contributed by atoms with Gasteiger partial charge in [-0.3, -0.25) is 4.79 Å². The van der Waals surface area contributed by atoms with Crippen molar-refractivity contribution in [3.63, 3.8) is 0 Å². The summed E-state index contributed by atoms with van der Waals surface area (Å²) in [7, 11) is 0. The average molecular weight is 286 g/mol. The minimum Gasteiger partial charge on any atom is -0.371 e. The van der Waals surface area contributed by atoms with E-state index in [1.807, 2.05) is 30.3 Å². The van der Waals surface area contributed by atoms with Crippen LogP contribution in [0.5, 0.6) is 0 Å². The quantitative estimate of drug-likeness (QED) is 0.876. The van der Waals surface area contributed by atoms with Crippen LogP contribution < -0.4 is 5.32 Å². The predicted molar refractivity (Wildman–Crippen MR) is 76.5 cm³/mol. The molecule has 1 aliphatic rings. The second-order valence-electron chi connectivity index (χ2n) is 5.20. The molecule has 2 atom stereocenters. The van der Waals surface area contributed by atoms with Gasteiger partial charge in [-0.2, -0.15) is 15.4 Å².